The molecule has 0 atom stereocenters. The van der Waals surface area contributed by atoms with E-state index in [1.165, 1.54) is 6.33 Å². The highest BCUT2D eigenvalue weighted by molar-refractivity contribution is 9.10. The Morgan fingerprint density at radius 3 is 2.59 bits per heavy atom. The molecule has 4 N–H and O–H groups in total. The zero-order valence-corrected chi connectivity index (χ0v) is 21.1. The van der Waals surface area contributed by atoms with Crippen LogP contribution in [0.3, 0.4) is 0 Å². The molecule has 1 fully saturated rings. The maximum Gasteiger partial charge on any atom is 0.275 e. The lowest BCUT2D eigenvalue weighted by Gasteiger charge is -2.22. The number of carbonyl (C=O) groups is 2. The SMILES string of the molecule is Cc1ccc(Br)cc1-n1cnc(C(N)=O)c1C(=O)Nc1ccc(OCC2CCNCC2)cc1.Cl. The summed E-state index contributed by atoms with van der Waals surface area (Å²) < 4.78 is 8.32. The Bertz CT molecular complexity index is 1160. The summed E-state index contributed by atoms with van der Waals surface area (Å²) in [5.74, 6) is 0.0519. The molecule has 2 heterocycles. The number of nitrogens with one attached hydrogen (secondary N) is 2. The summed E-state index contributed by atoms with van der Waals surface area (Å²) in [5.41, 5.74) is 7.69. The zero-order valence-electron chi connectivity index (χ0n) is 18.7. The Balaban J connectivity index is 0.00000324. The molecule has 0 radical (unpaired) electrons. The third kappa shape index (κ3) is 5.97. The summed E-state index contributed by atoms with van der Waals surface area (Å²) in [6.07, 6.45) is 3.66. The van der Waals surface area contributed by atoms with Crippen molar-refractivity contribution in [3.63, 3.8) is 0 Å². The lowest BCUT2D eigenvalue weighted by Crippen LogP contribution is -2.30. The number of nitrogens with two attached hydrogens (primary N) is 1. The van der Waals surface area contributed by atoms with Crippen molar-refractivity contribution >= 4 is 45.8 Å². The Labute approximate surface area is 212 Å². The van der Waals surface area contributed by atoms with Gasteiger partial charge in [0.05, 0.1) is 12.3 Å². The molecule has 1 aromatic heterocycles. The van der Waals surface area contributed by atoms with Crippen molar-refractivity contribution in [1.29, 1.82) is 0 Å². The second kappa shape index (κ2) is 11.5. The van der Waals surface area contributed by atoms with Crippen LogP contribution in [0.2, 0.25) is 0 Å². The Morgan fingerprint density at radius 1 is 1.21 bits per heavy atom. The molecule has 0 unspecified atom stereocenters. The highest BCUT2D eigenvalue weighted by atomic mass is 79.9. The van der Waals surface area contributed by atoms with Crippen molar-refractivity contribution in [2.75, 3.05) is 25.0 Å². The molecule has 0 bridgehead atoms. The highest BCUT2D eigenvalue weighted by Crippen LogP contribution is 2.24. The molecule has 10 heteroatoms. The number of carbonyl (C=O) groups excluding carboxylic acids is 2. The molecular formula is C24H27BrClN5O3. The molecule has 0 saturated carbocycles. The van der Waals surface area contributed by atoms with Gasteiger partial charge in [0, 0.05) is 10.2 Å². The van der Waals surface area contributed by atoms with E-state index in [1.54, 1.807) is 16.7 Å². The van der Waals surface area contributed by atoms with Crippen molar-refractivity contribution in [2.24, 2.45) is 11.7 Å². The minimum Gasteiger partial charge on any atom is -0.493 e. The van der Waals surface area contributed by atoms with Crippen LogP contribution in [0.4, 0.5) is 5.69 Å². The predicted molar refractivity (Wildman–Crippen MR) is 137 cm³/mol. The molecule has 0 spiro atoms. The third-order valence-electron chi connectivity index (χ3n) is 5.70. The van der Waals surface area contributed by atoms with Crippen molar-refractivity contribution < 1.29 is 14.3 Å². The quantitative estimate of drug-likeness (QED) is 0.412. The number of amides is 2. The monoisotopic (exact) mass is 547 g/mol. The van der Waals surface area contributed by atoms with Gasteiger partial charge in [0.15, 0.2) is 5.69 Å². The second-order valence-electron chi connectivity index (χ2n) is 8.09. The number of aryl methyl sites for hydroxylation is 1. The predicted octanol–water partition coefficient (Wildman–Crippen LogP) is 4.09. The van der Waals surface area contributed by atoms with Gasteiger partial charge in [0.25, 0.3) is 11.8 Å². The number of anilines is 1. The summed E-state index contributed by atoms with van der Waals surface area (Å²) in [7, 11) is 0. The van der Waals surface area contributed by atoms with E-state index in [-0.39, 0.29) is 23.8 Å². The van der Waals surface area contributed by atoms with Gasteiger partial charge in [-0.1, -0.05) is 22.0 Å². The molecule has 34 heavy (non-hydrogen) atoms. The molecule has 2 amide bonds. The van der Waals surface area contributed by atoms with Crippen LogP contribution in [0.15, 0.2) is 53.3 Å². The lowest BCUT2D eigenvalue weighted by atomic mass is 9.99. The highest BCUT2D eigenvalue weighted by Gasteiger charge is 2.24. The molecule has 2 aromatic carbocycles. The Hall–Kier alpha value is -2.88. The van der Waals surface area contributed by atoms with Gasteiger partial charge in [-0.3, -0.25) is 14.2 Å². The number of benzene rings is 2. The van der Waals surface area contributed by atoms with Crippen molar-refractivity contribution in [3.05, 3.63) is 70.2 Å². The van der Waals surface area contributed by atoms with E-state index in [2.05, 4.69) is 31.5 Å². The van der Waals surface area contributed by atoms with E-state index in [4.69, 9.17) is 10.5 Å². The fourth-order valence-corrected chi connectivity index (χ4v) is 4.21. The van der Waals surface area contributed by atoms with Crippen molar-refractivity contribution in [3.8, 4) is 11.4 Å². The van der Waals surface area contributed by atoms with Gasteiger partial charge in [-0.2, -0.15) is 0 Å². The number of rotatable bonds is 7. The maximum absolute atomic E-state index is 13.2. The summed E-state index contributed by atoms with van der Waals surface area (Å²) >= 11 is 3.45. The van der Waals surface area contributed by atoms with Gasteiger partial charge in [0.2, 0.25) is 0 Å². The van der Waals surface area contributed by atoms with Crippen LogP contribution in [0.25, 0.3) is 5.69 Å². The van der Waals surface area contributed by atoms with Crippen LogP contribution < -0.4 is 21.1 Å². The summed E-state index contributed by atoms with van der Waals surface area (Å²) in [6.45, 7) is 4.65. The van der Waals surface area contributed by atoms with E-state index < -0.39 is 11.8 Å². The average molecular weight is 549 g/mol. The molecule has 0 aliphatic carbocycles. The summed E-state index contributed by atoms with van der Waals surface area (Å²) in [4.78, 5) is 29.2. The number of hydrogen-bond acceptors (Lipinski definition) is 5. The van der Waals surface area contributed by atoms with Gasteiger partial charge in [-0.15, -0.1) is 12.4 Å². The normalized spacial score (nSPS) is 13.7. The number of ether oxygens (including phenoxy) is 1. The van der Waals surface area contributed by atoms with Crippen molar-refractivity contribution in [1.82, 2.24) is 14.9 Å². The smallest absolute Gasteiger partial charge is 0.275 e. The van der Waals surface area contributed by atoms with Crippen molar-refractivity contribution in [2.45, 2.75) is 19.8 Å². The molecule has 1 aliphatic heterocycles. The fraction of sp³-hybridized carbons (Fsp3) is 0.292. The molecule has 3 aromatic rings. The minimum absolute atomic E-state index is 0. The van der Waals surface area contributed by atoms with Crippen LogP contribution in [0.5, 0.6) is 5.75 Å². The van der Waals surface area contributed by atoms with Gasteiger partial charge < -0.3 is 21.1 Å². The van der Waals surface area contributed by atoms with Crippen LogP contribution >= 0.6 is 28.3 Å². The van der Waals surface area contributed by atoms with E-state index in [9.17, 15) is 9.59 Å². The third-order valence-corrected chi connectivity index (χ3v) is 6.20. The Kier molecular flexibility index (Phi) is 8.71. The Morgan fingerprint density at radius 2 is 1.91 bits per heavy atom. The first-order chi connectivity index (χ1) is 15.9. The molecule has 1 saturated heterocycles. The largest absolute Gasteiger partial charge is 0.493 e. The average Bonchev–Trinajstić information content (AvgIpc) is 3.26. The first kappa shape index (κ1) is 25.7. The van der Waals surface area contributed by atoms with Gasteiger partial charge in [0.1, 0.15) is 17.8 Å². The first-order valence-corrected chi connectivity index (χ1v) is 11.6. The molecule has 8 nitrogen and oxygen atoms in total. The molecule has 180 valence electrons. The number of nitrogens with zero attached hydrogens (tertiary/aromatic N) is 2. The number of halogens is 2. The maximum atomic E-state index is 13.2. The van der Waals surface area contributed by atoms with E-state index in [0.29, 0.717) is 18.2 Å². The van der Waals surface area contributed by atoms with Gasteiger partial charge in [-0.05, 0) is 80.7 Å². The summed E-state index contributed by atoms with van der Waals surface area (Å²) in [6, 6.07) is 12.8. The van der Waals surface area contributed by atoms with Crippen LogP contribution in [0.1, 0.15) is 39.4 Å². The summed E-state index contributed by atoms with van der Waals surface area (Å²) in [5, 5.41) is 6.18. The first-order valence-electron chi connectivity index (χ1n) is 10.8. The lowest BCUT2D eigenvalue weighted by molar-refractivity contribution is 0.0971. The number of primary amides is 1. The number of imidazole rings is 1. The standard InChI is InChI=1S/C24H26BrN5O3.ClH/c1-15-2-3-17(25)12-20(15)30-14-28-21(23(26)31)22(30)24(32)29-18-4-6-19(7-5-18)33-13-16-8-10-27-11-9-16;/h2-7,12,14,16,27H,8-11,13H2,1H3,(H2,26,31)(H,29,32);1H. The van der Waals surface area contributed by atoms with Crippen LogP contribution in [0, 0.1) is 12.8 Å². The van der Waals surface area contributed by atoms with E-state index in [0.717, 1.165) is 47.4 Å². The molecular weight excluding hydrogens is 522 g/mol. The number of hydrogen-bond donors (Lipinski definition) is 3. The molecule has 1 aliphatic rings. The van der Waals surface area contributed by atoms with E-state index >= 15 is 0 Å². The number of piperidine rings is 1. The minimum atomic E-state index is -0.770. The van der Waals surface area contributed by atoms with Crippen LogP contribution in [-0.4, -0.2) is 41.1 Å². The second-order valence-corrected chi connectivity index (χ2v) is 9.01. The van der Waals surface area contributed by atoms with Gasteiger partial charge >= 0.3 is 0 Å². The topological polar surface area (TPSA) is 111 Å². The molecule has 4 rings (SSSR count). The van der Waals surface area contributed by atoms with E-state index in [1.807, 2.05) is 37.3 Å². The van der Waals surface area contributed by atoms with Gasteiger partial charge in [-0.25, -0.2) is 4.98 Å². The fourth-order valence-electron chi connectivity index (χ4n) is 3.86. The van der Waals surface area contributed by atoms with Crippen LogP contribution in [-0.2, 0) is 0 Å². The number of aromatic nitrogens is 2. The zero-order chi connectivity index (χ0) is 23.4.